The van der Waals surface area contributed by atoms with Gasteiger partial charge in [0.15, 0.2) is 11.6 Å². The first-order valence-electron chi connectivity index (χ1n) is 4.80. The summed E-state index contributed by atoms with van der Waals surface area (Å²) in [6.07, 6.45) is 0.825. The van der Waals surface area contributed by atoms with Crippen LogP contribution in [0.5, 0.6) is 5.75 Å². The maximum Gasteiger partial charge on any atom is 0.165 e. The van der Waals surface area contributed by atoms with Crippen molar-refractivity contribution in [3.63, 3.8) is 0 Å². The average Bonchev–Trinajstić information content (AvgIpc) is 2.26. The summed E-state index contributed by atoms with van der Waals surface area (Å²) in [5.41, 5.74) is 0.636. The Labute approximate surface area is 88.7 Å². The van der Waals surface area contributed by atoms with E-state index in [0.717, 1.165) is 6.42 Å². The molecule has 15 heavy (non-hydrogen) atoms. The number of hydrogen-bond donors (Lipinski definition) is 1. The van der Waals surface area contributed by atoms with Crippen LogP contribution in [0.4, 0.5) is 4.39 Å². The van der Waals surface area contributed by atoms with Gasteiger partial charge in [-0.2, -0.15) is 0 Å². The summed E-state index contributed by atoms with van der Waals surface area (Å²) in [4.78, 5) is 0. The predicted molar refractivity (Wildman–Crippen MR) is 56.1 cm³/mol. The van der Waals surface area contributed by atoms with Crippen LogP contribution in [0.3, 0.4) is 0 Å². The molecule has 0 atom stereocenters. The average molecular weight is 208 g/mol. The number of halogens is 1. The van der Waals surface area contributed by atoms with Crippen molar-refractivity contribution in [3.8, 4) is 17.6 Å². The molecule has 80 valence electrons. The van der Waals surface area contributed by atoms with Crippen LogP contribution in [-0.2, 0) is 0 Å². The van der Waals surface area contributed by atoms with Gasteiger partial charge in [-0.05, 0) is 24.6 Å². The third-order valence-corrected chi connectivity index (χ3v) is 1.70. The molecule has 0 aliphatic heterocycles. The Hall–Kier alpha value is -1.53. The Kier molecular flexibility index (Phi) is 4.65. The standard InChI is InChI=1S/C12H13FO2/c1-2-8-15-12-9-10(4-3-7-14)5-6-11(12)13/h5-6,9,14H,2,7-8H2,1H3. The van der Waals surface area contributed by atoms with Crippen molar-refractivity contribution in [2.24, 2.45) is 0 Å². The zero-order valence-corrected chi connectivity index (χ0v) is 8.59. The van der Waals surface area contributed by atoms with Gasteiger partial charge in [0.25, 0.3) is 0 Å². The lowest BCUT2D eigenvalue weighted by atomic mass is 10.2. The lowest BCUT2D eigenvalue weighted by Crippen LogP contribution is -1.97. The van der Waals surface area contributed by atoms with Crippen LogP contribution in [0.1, 0.15) is 18.9 Å². The highest BCUT2D eigenvalue weighted by atomic mass is 19.1. The molecule has 0 unspecified atom stereocenters. The van der Waals surface area contributed by atoms with Crippen molar-refractivity contribution < 1.29 is 14.2 Å². The van der Waals surface area contributed by atoms with Gasteiger partial charge >= 0.3 is 0 Å². The van der Waals surface area contributed by atoms with E-state index in [1.165, 1.54) is 12.1 Å². The second-order valence-corrected chi connectivity index (χ2v) is 2.95. The number of rotatable bonds is 3. The van der Waals surface area contributed by atoms with E-state index in [0.29, 0.717) is 12.2 Å². The fraction of sp³-hybridized carbons (Fsp3) is 0.333. The molecule has 0 saturated heterocycles. The maximum absolute atomic E-state index is 13.2. The molecular formula is C12H13FO2. The van der Waals surface area contributed by atoms with Crippen molar-refractivity contribution >= 4 is 0 Å². The van der Waals surface area contributed by atoms with Gasteiger partial charge in [-0.3, -0.25) is 0 Å². The summed E-state index contributed by atoms with van der Waals surface area (Å²) in [5.74, 6) is 5.01. The first kappa shape index (κ1) is 11.5. The van der Waals surface area contributed by atoms with E-state index in [1.54, 1.807) is 6.07 Å². The summed E-state index contributed by atoms with van der Waals surface area (Å²) in [6, 6.07) is 4.40. The highest BCUT2D eigenvalue weighted by Crippen LogP contribution is 2.18. The second kappa shape index (κ2) is 6.05. The van der Waals surface area contributed by atoms with Crippen LogP contribution in [0.2, 0.25) is 0 Å². The molecule has 1 aromatic rings. The van der Waals surface area contributed by atoms with Crippen molar-refractivity contribution in [2.45, 2.75) is 13.3 Å². The van der Waals surface area contributed by atoms with Crippen molar-refractivity contribution in [2.75, 3.05) is 13.2 Å². The molecular weight excluding hydrogens is 195 g/mol. The van der Waals surface area contributed by atoms with E-state index in [1.807, 2.05) is 6.92 Å². The number of hydrogen-bond acceptors (Lipinski definition) is 2. The number of ether oxygens (including phenoxy) is 1. The van der Waals surface area contributed by atoms with E-state index >= 15 is 0 Å². The van der Waals surface area contributed by atoms with E-state index in [2.05, 4.69) is 11.8 Å². The molecule has 0 bridgehead atoms. The molecule has 0 fully saturated rings. The van der Waals surface area contributed by atoms with Crippen LogP contribution in [0, 0.1) is 17.7 Å². The van der Waals surface area contributed by atoms with Gasteiger partial charge in [-0.25, -0.2) is 4.39 Å². The minimum atomic E-state index is -0.391. The number of benzene rings is 1. The molecule has 3 heteroatoms. The monoisotopic (exact) mass is 208 g/mol. The third kappa shape index (κ3) is 3.61. The van der Waals surface area contributed by atoms with E-state index in [-0.39, 0.29) is 12.4 Å². The van der Waals surface area contributed by atoms with Crippen molar-refractivity contribution in [1.82, 2.24) is 0 Å². The molecule has 0 aliphatic rings. The summed E-state index contributed by atoms with van der Waals surface area (Å²) in [6.45, 7) is 2.23. The van der Waals surface area contributed by atoms with Gasteiger partial charge < -0.3 is 9.84 Å². The van der Waals surface area contributed by atoms with Crippen LogP contribution >= 0.6 is 0 Å². The highest BCUT2D eigenvalue weighted by molar-refractivity contribution is 5.40. The largest absolute Gasteiger partial charge is 0.490 e. The Balaban J connectivity index is 2.84. The number of aliphatic hydroxyl groups excluding tert-OH is 1. The summed E-state index contributed by atoms with van der Waals surface area (Å²) in [5, 5.41) is 8.51. The Bertz CT molecular complexity index is 377. The van der Waals surface area contributed by atoms with Gasteiger partial charge in [0.1, 0.15) is 6.61 Å². The lowest BCUT2D eigenvalue weighted by molar-refractivity contribution is 0.301. The molecule has 0 aliphatic carbocycles. The summed E-state index contributed by atoms with van der Waals surface area (Å²) < 4.78 is 18.4. The predicted octanol–water partition coefficient (Wildman–Crippen LogP) is 1.96. The van der Waals surface area contributed by atoms with Gasteiger partial charge in [0.05, 0.1) is 6.61 Å². The Morgan fingerprint density at radius 1 is 1.47 bits per heavy atom. The summed E-state index contributed by atoms with van der Waals surface area (Å²) >= 11 is 0. The lowest BCUT2D eigenvalue weighted by Gasteiger charge is -2.05. The molecule has 2 nitrogen and oxygen atoms in total. The quantitative estimate of drug-likeness (QED) is 0.769. The maximum atomic E-state index is 13.2. The van der Waals surface area contributed by atoms with Gasteiger partial charge in [0.2, 0.25) is 0 Å². The van der Waals surface area contributed by atoms with E-state index < -0.39 is 5.82 Å². The van der Waals surface area contributed by atoms with Gasteiger partial charge in [-0.15, -0.1) is 0 Å². The van der Waals surface area contributed by atoms with Crippen LogP contribution in [-0.4, -0.2) is 18.3 Å². The molecule has 0 saturated carbocycles. The molecule has 1 rings (SSSR count). The molecule has 0 amide bonds. The van der Waals surface area contributed by atoms with Gasteiger partial charge in [-0.1, -0.05) is 18.8 Å². The van der Waals surface area contributed by atoms with Crippen LogP contribution in [0.25, 0.3) is 0 Å². The van der Waals surface area contributed by atoms with Crippen molar-refractivity contribution in [3.05, 3.63) is 29.6 Å². The molecule has 0 spiro atoms. The highest BCUT2D eigenvalue weighted by Gasteiger charge is 2.02. The topological polar surface area (TPSA) is 29.5 Å². The van der Waals surface area contributed by atoms with Gasteiger partial charge in [0, 0.05) is 5.56 Å². The Morgan fingerprint density at radius 3 is 2.93 bits per heavy atom. The zero-order chi connectivity index (χ0) is 11.1. The number of aliphatic hydroxyl groups is 1. The third-order valence-electron chi connectivity index (χ3n) is 1.70. The fourth-order valence-electron chi connectivity index (χ4n) is 1.05. The first-order valence-corrected chi connectivity index (χ1v) is 4.80. The first-order chi connectivity index (χ1) is 7.27. The summed E-state index contributed by atoms with van der Waals surface area (Å²) in [7, 11) is 0. The van der Waals surface area contributed by atoms with Crippen LogP contribution < -0.4 is 4.74 Å². The fourth-order valence-corrected chi connectivity index (χ4v) is 1.05. The molecule has 0 heterocycles. The van der Waals surface area contributed by atoms with Crippen molar-refractivity contribution in [1.29, 1.82) is 0 Å². The molecule has 1 aromatic carbocycles. The zero-order valence-electron chi connectivity index (χ0n) is 8.59. The SMILES string of the molecule is CCCOc1cc(C#CCO)ccc1F. The molecule has 0 radical (unpaired) electrons. The smallest absolute Gasteiger partial charge is 0.165 e. The normalized spacial score (nSPS) is 9.27. The minimum Gasteiger partial charge on any atom is -0.490 e. The second-order valence-electron chi connectivity index (χ2n) is 2.95. The molecule has 1 N–H and O–H groups in total. The van der Waals surface area contributed by atoms with Crippen LogP contribution in [0.15, 0.2) is 18.2 Å². The molecule has 0 aromatic heterocycles. The van der Waals surface area contributed by atoms with E-state index in [9.17, 15) is 4.39 Å². The Morgan fingerprint density at radius 2 is 2.27 bits per heavy atom. The minimum absolute atomic E-state index is 0.206. The van der Waals surface area contributed by atoms with E-state index in [4.69, 9.17) is 9.84 Å².